The predicted octanol–water partition coefficient (Wildman–Crippen LogP) is 1.18. The van der Waals surface area contributed by atoms with Gasteiger partial charge in [0.2, 0.25) is 0 Å². The van der Waals surface area contributed by atoms with E-state index in [0.29, 0.717) is 12.2 Å². The van der Waals surface area contributed by atoms with Gasteiger partial charge >= 0.3 is 0 Å². The molecule has 94 valence electrons. The molecular weight excluding hydrogens is 218 g/mol. The number of nitrogens with zero attached hydrogens (tertiary/aromatic N) is 2. The molecule has 0 bridgehead atoms. The molecule has 1 fully saturated rings. The van der Waals surface area contributed by atoms with Crippen LogP contribution in [0.4, 0.5) is 0 Å². The Morgan fingerprint density at radius 2 is 2.24 bits per heavy atom. The van der Waals surface area contributed by atoms with Crippen molar-refractivity contribution in [3.8, 4) is 0 Å². The smallest absolute Gasteiger partial charge is 0.272 e. The number of aliphatic hydroxyl groups is 1. The number of hydrogen-bond donors (Lipinski definition) is 2. The lowest BCUT2D eigenvalue weighted by molar-refractivity contribution is 0.0580. The van der Waals surface area contributed by atoms with Crippen LogP contribution in [-0.4, -0.2) is 45.1 Å². The SMILES string of the molecule is O=C(c1cnc[nH]1)N(CCO)C1CCCCC1. The van der Waals surface area contributed by atoms with E-state index >= 15 is 0 Å². The molecule has 0 saturated heterocycles. The first-order chi connectivity index (χ1) is 8.33. The molecule has 2 rings (SSSR count). The molecular formula is C12H19N3O2. The number of carbonyl (C=O) groups is 1. The topological polar surface area (TPSA) is 69.2 Å². The van der Waals surface area contributed by atoms with Gasteiger partial charge in [0.15, 0.2) is 0 Å². The molecule has 0 atom stereocenters. The standard InChI is InChI=1S/C12H19N3O2/c16-7-6-15(10-4-2-1-3-5-10)12(17)11-8-13-9-14-11/h8-10,16H,1-7H2,(H,13,14). The number of rotatable bonds is 4. The van der Waals surface area contributed by atoms with Crippen molar-refractivity contribution in [1.29, 1.82) is 0 Å². The third kappa shape index (κ3) is 2.85. The summed E-state index contributed by atoms with van der Waals surface area (Å²) in [6.07, 6.45) is 8.72. The van der Waals surface area contributed by atoms with Crippen LogP contribution < -0.4 is 0 Å². The average molecular weight is 237 g/mol. The van der Waals surface area contributed by atoms with Crippen molar-refractivity contribution in [2.75, 3.05) is 13.2 Å². The minimum Gasteiger partial charge on any atom is -0.395 e. The van der Waals surface area contributed by atoms with E-state index in [9.17, 15) is 4.79 Å². The summed E-state index contributed by atoms with van der Waals surface area (Å²) in [4.78, 5) is 20.7. The van der Waals surface area contributed by atoms with Crippen LogP contribution in [0.15, 0.2) is 12.5 Å². The van der Waals surface area contributed by atoms with Gasteiger partial charge in [-0.2, -0.15) is 0 Å². The van der Waals surface area contributed by atoms with Crippen molar-refractivity contribution < 1.29 is 9.90 Å². The summed E-state index contributed by atoms with van der Waals surface area (Å²) >= 11 is 0. The van der Waals surface area contributed by atoms with Gasteiger partial charge in [-0.3, -0.25) is 4.79 Å². The third-order valence-electron chi connectivity index (χ3n) is 3.35. The Kier molecular flexibility index (Phi) is 4.14. The number of aromatic nitrogens is 2. The number of carbonyl (C=O) groups excluding carboxylic acids is 1. The average Bonchev–Trinajstić information content (AvgIpc) is 2.90. The minimum atomic E-state index is -0.0524. The molecule has 2 N–H and O–H groups in total. The Bertz CT molecular complexity index is 345. The molecule has 1 heterocycles. The first kappa shape index (κ1) is 12.1. The van der Waals surface area contributed by atoms with Crippen molar-refractivity contribution in [2.45, 2.75) is 38.1 Å². The fourth-order valence-electron chi connectivity index (χ4n) is 2.48. The number of aromatic amines is 1. The van der Waals surface area contributed by atoms with E-state index in [1.807, 2.05) is 0 Å². The highest BCUT2D eigenvalue weighted by atomic mass is 16.3. The molecule has 0 aromatic carbocycles. The first-order valence-electron chi connectivity index (χ1n) is 6.23. The number of imidazole rings is 1. The van der Waals surface area contributed by atoms with Crippen molar-refractivity contribution in [3.05, 3.63) is 18.2 Å². The van der Waals surface area contributed by atoms with Crippen LogP contribution in [0.5, 0.6) is 0 Å². The van der Waals surface area contributed by atoms with Crippen LogP contribution in [-0.2, 0) is 0 Å². The monoisotopic (exact) mass is 237 g/mol. The molecule has 1 amide bonds. The number of aliphatic hydroxyl groups excluding tert-OH is 1. The molecule has 5 nitrogen and oxygen atoms in total. The summed E-state index contributed by atoms with van der Waals surface area (Å²) in [5.41, 5.74) is 0.504. The molecule has 0 spiro atoms. The zero-order valence-electron chi connectivity index (χ0n) is 9.93. The first-order valence-corrected chi connectivity index (χ1v) is 6.23. The highest BCUT2D eigenvalue weighted by Crippen LogP contribution is 2.23. The van der Waals surface area contributed by atoms with Gasteiger partial charge in [-0.1, -0.05) is 19.3 Å². The van der Waals surface area contributed by atoms with Gasteiger partial charge in [-0.25, -0.2) is 4.98 Å². The zero-order valence-corrected chi connectivity index (χ0v) is 9.93. The summed E-state index contributed by atoms with van der Waals surface area (Å²) in [6, 6.07) is 0.270. The number of H-pyrrole nitrogens is 1. The van der Waals surface area contributed by atoms with E-state index < -0.39 is 0 Å². The Morgan fingerprint density at radius 1 is 1.47 bits per heavy atom. The van der Waals surface area contributed by atoms with Gasteiger partial charge in [0, 0.05) is 12.6 Å². The second kappa shape index (κ2) is 5.82. The van der Waals surface area contributed by atoms with E-state index in [-0.39, 0.29) is 18.6 Å². The number of hydrogen-bond acceptors (Lipinski definition) is 3. The molecule has 17 heavy (non-hydrogen) atoms. The molecule has 0 unspecified atom stereocenters. The van der Waals surface area contributed by atoms with Crippen LogP contribution >= 0.6 is 0 Å². The van der Waals surface area contributed by atoms with Gasteiger partial charge in [0.1, 0.15) is 5.69 Å². The van der Waals surface area contributed by atoms with E-state index in [1.54, 1.807) is 4.90 Å². The third-order valence-corrected chi connectivity index (χ3v) is 3.35. The predicted molar refractivity (Wildman–Crippen MR) is 63.6 cm³/mol. The van der Waals surface area contributed by atoms with E-state index in [0.717, 1.165) is 12.8 Å². The minimum absolute atomic E-state index is 0.0103. The van der Waals surface area contributed by atoms with Gasteiger partial charge in [-0.05, 0) is 12.8 Å². The lowest BCUT2D eigenvalue weighted by Crippen LogP contribution is -2.43. The van der Waals surface area contributed by atoms with E-state index in [2.05, 4.69) is 9.97 Å². The van der Waals surface area contributed by atoms with Crippen LogP contribution in [0.25, 0.3) is 0 Å². The van der Waals surface area contributed by atoms with Gasteiger partial charge in [0.25, 0.3) is 5.91 Å². The van der Waals surface area contributed by atoms with Crippen LogP contribution in [0.1, 0.15) is 42.6 Å². The molecule has 0 radical (unpaired) electrons. The Hall–Kier alpha value is -1.36. The molecule has 1 aromatic heterocycles. The summed E-state index contributed by atoms with van der Waals surface area (Å²) < 4.78 is 0. The summed E-state index contributed by atoms with van der Waals surface area (Å²) in [5.74, 6) is -0.0524. The maximum Gasteiger partial charge on any atom is 0.272 e. The largest absolute Gasteiger partial charge is 0.395 e. The molecule has 1 aromatic rings. The zero-order chi connectivity index (χ0) is 12.1. The quantitative estimate of drug-likeness (QED) is 0.826. The second-order valence-electron chi connectivity index (χ2n) is 4.48. The fourth-order valence-corrected chi connectivity index (χ4v) is 2.48. The van der Waals surface area contributed by atoms with Crippen molar-refractivity contribution in [2.24, 2.45) is 0 Å². The van der Waals surface area contributed by atoms with Gasteiger partial charge in [0.05, 0.1) is 19.1 Å². The van der Waals surface area contributed by atoms with Crippen molar-refractivity contribution in [3.63, 3.8) is 0 Å². The van der Waals surface area contributed by atoms with Crippen LogP contribution in [0.2, 0.25) is 0 Å². The van der Waals surface area contributed by atoms with E-state index in [4.69, 9.17) is 5.11 Å². The second-order valence-corrected chi connectivity index (χ2v) is 4.48. The molecule has 0 aliphatic heterocycles. The molecule has 1 aliphatic rings. The maximum atomic E-state index is 12.2. The van der Waals surface area contributed by atoms with Crippen molar-refractivity contribution in [1.82, 2.24) is 14.9 Å². The molecule has 5 heteroatoms. The molecule has 1 saturated carbocycles. The van der Waals surface area contributed by atoms with E-state index in [1.165, 1.54) is 31.8 Å². The van der Waals surface area contributed by atoms with Crippen LogP contribution in [0.3, 0.4) is 0 Å². The normalized spacial score (nSPS) is 17.0. The fraction of sp³-hybridized carbons (Fsp3) is 0.667. The maximum absolute atomic E-state index is 12.2. The lowest BCUT2D eigenvalue weighted by Gasteiger charge is -2.33. The van der Waals surface area contributed by atoms with Crippen LogP contribution in [0, 0.1) is 0 Å². The number of amides is 1. The Morgan fingerprint density at radius 3 is 2.82 bits per heavy atom. The van der Waals surface area contributed by atoms with Crippen molar-refractivity contribution >= 4 is 5.91 Å². The lowest BCUT2D eigenvalue weighted by atomic mass is 9.94. The molecule has 1 aliphatic carbocycles. The highest BCUT2D eigenvalue weighted by molar-refractivity contribution is 5.92. The Labute approximate surface area is 101 Å². The summed E-state index contributed by atoms with van der Waals surface area (Å²) in [7, 11) is 0. The summed E-state index contributed by atoms with van der Waals surface area (Å²) in [5, 5.41) is 9.09. The Balaban J connectivity index is 2.07. The number of nitrogens with one attached hydrogen (secondary N) is 1. The highest BCUT2D eigenvalue weighted by Gasteiger charge is 2.26. The summed E-state index contributed by atoms with van der Waals surface area (Å²) in [6.45, 7) is 0.416. The van der Waals surface area contributed by atoms with Gasteiger partial charge in [-0.15, -0.1) is 0 Å². The van der Waals surface area contributed by atoms with Gasteiger partial charge < -0.3 is 15.0 Å².